The van der Waals surface area contributed by atoms with E-state index >= 15 is 0 Å². The standard InChI is InChI=1S/C10H12O6/c1-16-9(14)6-4-10(15,8(13)5-11)3-2-7(6)12/h2-3,11-12,15H,4-5H2,1H3. The first-order valence-corrected chi connectivity index (χ1v) is 4.51. The topological polar surface area (TPSA) is 104 Å². The van der Waals surface area contributed by atoms with Crippen molar-refractivity contribution in [2.45, 2.75) is 12.0 Å². The number of ketones is 1. The molecule has 3 N–H and O–H groups in total. The molecule has 0 spiro atoms. The molecule has 1 atom stereocenters. The maximum absolute atomic E-state index is 11.2. The molecule has 0 fully saturated rings. The zero-order valence-electron chi connectivity index (χ0n) is 8.64. The molecule has 0 aliphatic heterocycles. The van der Waals surface area contributed by atoms with Gasteiger partial charge in [0.15, 0.2) is 5.78 Å². The number of rotatable bonds is 3. The van der Waals surface area contributed by atoms with Crippen molar-refractivity contribution in [1.82, 2.24) is 0 Å². The molecule has 1 unspecified atom stereocenters. The van der Waals surface area contributed by atoms with Crippen LogP contribution in [-0.2, 0) is 14.3 Å². The summed E-state index contributed by atoms with van der Waals surface area (Å²) in [5.41, 5.74) is -2.17. The Kier molecular flexibility index (Phi) is 3.46. The number of hydrogen-bond donors (Lipinski definition) is 3. The molecule has 6 heteroatoms. The van der Waals surface area contributed by atoms with Crippen molar-refractivity contribution >= 4 is 11.8 Å². The Morgan fingerprint density at radius 3 is 2.69 bits per heavy atom. The van der Waals surface area contributed by atoms with Gasteiger partial charge in [0.2, 0.25) is 0 Å². The molecule has 0 saturated heterocycles. The lowest BCUT2D eigenvalue weighted by Gasteiger charge is -2.26. The van der Waals surface area contributed by atoms with E-state index < -0.39 is 30.4 Å². The summed E-state index contributed by atoms with van der Waals surface area (Å²) in [6, 6.07) is 0. The summed E-state index contributed by atoms with van der Waals surface area (Å²) in [5, 5.41) is 27.8. The molecule has 0 saturated carbocycles. The Morgan fingerprint density at radius 1 is 1.56 bits per heavy atom. The maximum atomic E-state index is 11.2. The van der Waals surface area contributed by atoms with Gasteiger partial charge in [0.1, 0.15) is 18.0 Å². The molecule has 1 aliphatic rings. The van der Waals surface area contributed by atoms with Crippen LogP contribution in [0.1, 0.15) is 6.42 Å². The normalized spacial score (nSPS) is 24.4. The third-order valence-electron chi connectivity index (χ3n) is 2.33. The molecule has 16 heavy (non-hydrogen) atoms. The average molecular weight is 228 g/mol. The van der Waals surface area contributed by atoms with E-state index in [0.717, 1.165) is 19.3 Å². The van der Waals surface area contributed by atoms with Gasteiger partial charge in [-0.25, -0.2) is 4.79 Å². The van der Waals surface area contributed by atoms with Gasteiger partial charge in [-0.3, -0.25) is 4.79 Å². The minimum Gasteiger partial charge on any atom is -0.507 e. The average Bonchev–Trinajstić information content (AvgIpc) is 2.30. The molecule has 0 aromatic heterocycles. The van der Waals surface area contributed by atoms with E-state index in [1.807, 2.05) is 0 Å². The van der Waals surface area contributed by atoms with E-state index in [2.05, 4.69) is 4.74 Å². The summed E-state index contributed by atoms with van der Waals surface area (Å²) in [7, 11) is 1.12. The molecular formula is C10H12O6. The monoisotopic (exact) mass is 228 g/mol. The van der Waals surface area contributed by atoms with Crippen LogP contribution in [0.5, 0.6) is 0 Å². The van der Waals surface area contributed by atoms with Crippen molar-refractivity contribution in [2.24, 2.45) is 0 Å². The molecule has 0 bridgehead atoms. The highest BCUT2D eigenvalue weighted by Gasteiger charge is 2.38. The number of aliphatic hydroxyl groups is 3. The second kappa shape index (κ2) is 4.46. The quantitative estimate of drug-likeness (QED) is 0.547. The molecule has 1 rings (SSSR count). The van der Waals surface area contributed by atoms with Crippen LogP contribution in [0.2, 0.25) is 0 Å². The summed E-state index contributed by atoms with van der Waals surface area (Å²) in [6.07, 6.45) is 1.65. The number of Topliss-reactive ketones (excluding diaryl/α,β-unsaturated/α-hetero) is 1. The number of aliphatic hydroxyl groups excluding tert-OH is 2. The lowest BCUT2D eigenvalue weighted by atomic mass is 9.85. The Bertz CT molecular complexity index is 381. The highest BCUT2D eigenvalue weighted by molar-refractivity contribution is 5.96. The van der Waals surface area contributed by atoms with Crippen molar-refractivity contribution in [3.05, 3.63) is 23.5 Å². The zero-order chi connectivity index (χ0) is 12.3. The maximum Gasteiger partial charge on any atom is 0.337 e. The van der Waals surface area contributed by atoms with Gasteiger partial charge in [-0.05, 0) is 12.2 Å². The molecule has 6 nitrogen and oxygen atoms in total. The number of allylic oxidation sites excluding steroid dienone is 1. The molecule has 0 radical (unpaired) electrons. The van der Waals surface area contributed by atoms with Gasteiger partial charge in [-0.2, -0.15) is 0 Å². The number of esters is 1. The highest BCUT2D eigenvalue weighted by Crippen LogP contribution is 2.27. The highest BCUT2D eigenvalue weighted by atomic mass is 16.5. The van der Waals surface area contributed by atoms with Gasteiger partial charge >= 0.3 is 5.97 Å². The predicted molar refractivity (Wildman–Crippen MR) is 52.5 cm³/mol. The summed E-state index contributed by atoms with van der Waals surface area (Å²) in [5.74, 6) is -2.04. The number of carbonyl (C=O) groups excluding carboxylic acids is 2. The van der Waals surface area contributed by atoms with Gasteiger partial charge in [0.25, 0.3) is 0 Å². The minimum atomic E-state index is -1.97. The van der Waals surface area contributed by atoms with E-state index in [-0.39, 0.29) is 11.3 Å². The number of methoxy groups -OCH3 is 1. The van der Waals surface area contributed by atoms with Crippen molar-refractivity contribution in [3.63, 3.8) is 0 Å². The SMILES string of the molecule is COC(=O)C1=C(O)C=CC(O)(C(=O)CO)C1. The van der Waals surface area contributed by atoms with Crippen LogP contribution in [0, 0.1) is 0 Å². The third kappa shape index (κ3) is 2.12. The Hall–Kier alpha value is -1.66. The molecule has 88 valence electrons. The van der Waals surface area contributed by atoms with E-state index in [1.165, 1.54) is 0 Å². The second-order valence-electron chi connectivity index (χ2n) is 3.37. The smallest absolute Gasteiger partial charge is 0.337 e. The van der Waals surface area contributed by atoms with Crippen LogP contribution in [0.4, 0.5) is 0 Å². The van der Waals surface area contributed by atoms with Crippen molar-refractivity contribution in [3.8, 4) is 0 Å². The van der Waals surface area contributed by atoms with E-state index in [4.69, 9.17) is 5.11 Å². The molecule has 0 aromatic carbocycles. The Morgan fingerprint density at radius 2 is 2.19 bits per heavy atom. The fraction of sp³-hybridized carbons (Fsp3) is 0.400. The van der Waals surface area contributed by atoms with Crippen molar-refractivity contribution in [1.29, 1.82) is 0 Å². The molecule has 0 heterocycles. The first-order chi connectivity index (χ1) is 7.44. The van der Waals surface area contributed by atoms with Crippen molar-refractivity contribution in [2.75, 3.05) is 13.7 Å². The van der Waals surface area contributed by atoms with Crippen LogP contribution < -0.4 is 0 Å². The van der Waals surface area contributed by atoms with E-state index in [9.17, 15) is 19.8 Å². The van der Waals surface area contributed by atoms with Crippen LogP contribution in [0.3, 0.4) is 0 Å². The molecule has 0 aromatic rings. The first-order valence-electron chi connectivity index (χ1n) is 4.51. The summed E-state index contributed by atoms with van der Waals surface area (Å²) >= 11 is 0. The lowest BCUT2D eigenvalue weighted by Crippen LogP contribution is -2.41. The fourth-order valence-corrected chi connectivity index (χ4v) is 1.36. The molecule has 1 aliphatic carbocycles. The van der Waals surface area contributed by atoms with Crippen LogP contribution in [-0.4, -0.2) is 46.4 Å². The number of hydrogen-bond acceptors (Lipinski definition) is 6. The summed E-state index contributed by atoms with van der Waals surface area (Å²) < 4.78 is 4.39. The largest absolute Gasteiger partial charge is 0.507 e. The van der Waals surface area contributed by atoms with E-state index in [1.54, 1.807) is 0 Å². The van der Waals surface area contributed by atoms with Crippen LogP contribution >= 0.6 is 0 Å². The molecule has 0 amide bonds. The van der Waals surface area contributed by atoms with Crippen molar-refractivity contribution < 1.29 is 29.6 Å². The third-order valence-corrected chi connectivity index (χ3v) is 2.33. The van der Waals surface area contributed by atoms with Gasteiger partial charge in [-0.15, -0.1) is 0 Å². The number of carbonyl (C=O) groups is 2. The Labute approximate surface area is 91.5 Å². The predicted octanol–water partition coefficient (Wildman–Crippen LogP) is -0.776. The number of ether oxygens (including phenoxy) is 1. The van der Waals surface area contributed by atoms with Crippen LogP contribution in [0.15, 0.2) is 23.5 Å². The summed E-state index contributed by atoms with van der Waals surface area (Å²) in [6.45, 7) is -0.851. The van der Waals surface area contributed by atoms with Gasteiger partial charge < -0.3 is 20.1 Å². The van der Waals surface area contributed by atoms with Crippen LogP contribution in [0.25, 0.3) is 0 Å². The lowest BCUT2D eigenvalue weighted by molar-refractivity contribution is -0.139. The second-order valence-corrected chi connectivity index (χ2v) is 3.37. The minimum absolute atomic E-state index is 0.200. The van der Waals surface area contributed by atoms with E-state index in [0.29, 0.717) is 0 Å². The first kappa shape index (κ1) is 12.4. The zero-order valence-corrected chi connectivity index (χ0v) is 8.64. The van der Waals surface area contributed by atoms with Gasteiger partial charge in [0, 0.05) is 6.42 Å². The fourth-order valence-electron chi connectivity index (χ4n) is 1.36. The van der Waals surface area contributed by atoms with Gasteiger partial charge in [0.05, 0.1) is 12.7 Å². The summed E-state index contributed by atoms with van der Waals surface area (Å²) in [4.78, 5) is 22.5. The Balaban J connectivity index is 3.02. The molecular weight excluding hydrogens is 216 g/mol. The van der Waals surface area contributed by atoms with Gasteiger partial charge in [-0.1, -0.05) is 0 Å².